The Balaban J connectivity index is 1.17. The molecule has 7 rings (SSSR count). The average Bonchev–Trinajstić information content (AvgIpc) is 3.17. The van der Waals surface area contributed by atoms with Crippen molar-refractivity contribution in [3.05, 3.63) is 148 Å². The molecule has 0 saturated heterocycles. The summed E-state index contributed by atoms with van der Waals surface area (Å²) in [6.07, 6.45) is 0.260. The van der Waals surface area contributed by atoms with Gasteiger partial charge in [-0.3, -0.25) is 14.5 Å². The Morgan fingerprint density at radius 1 is 0.906 bits per heavy atom. The number of nitrogens with zero attached hydrogens (tertiary/aromatic N) is 2. The fourth-order valence-electron chi connectivity index (χ4n) is 7.40. The van der Waals surface area contributed by atoms with E-state index in [1.54, 1.807) is 24.1 Å². The van der Waals surface area contributed by atoms with Gasteiger partial charge in [0.05, 0.1) is 11.7 Å². The number of phenolic OH excluding ortho intramolecular Hbond substituents is 1. The van der Waals surface area contributed by atoms with Crippen LogP contribution in [0.25, 0.3) is 11.1 Å². The topological polar surface area (TPSA) is 119 Å². The van der Waals surface area contributed by atoms with E-state index in [0.717, 1.165) is 33.4 Å². The van der Waals surface area contributed by atoms with Crippen LogP contribution in [0.2, 0.25) is 5.02 Å². The van der Waals surface area contributed by atoms with Gasteiger partial charge in [-0.15, -0.1) is 0 Å². The van der Waals surface area contributed by atoms with Crippen molar-refractivity contribution >= 4 is 35.1 Å². The number of carboxylic acid groups (broad SMARTS) is 1. The van der Waals surface area contributed by atoms with Gasteiger partial charge in [0.15, 0.2) is 0 Å². The molecule has 2 aliphatic heterocycles. The van der Waals surface area contributed by atoms with E-state index in [4.69, 9.17) is 16.3 Å². The molecule has 2 aliphatic rings. The van der Waals surface area contributed by atoms with E-state index in [0.29, 0.717) is 41.4 Å². The highest BCUT2D eigenvalue weighted by atomic mass is 35.5. The van der Waals surface area contributed by atoms with Crippen LogP contribution in [-0.2, 0) is 33.8 Å². The summed E-state index contributed by atoms with van der Waals surface area (Å²) in [4.78, 5) is 44.1. The first kappa shape index (κ1) is 35.7. The Bertz CT molecular complexity index is 2120. The van der Waals surface area contributed by atoms with Gasteiger partial charge in [0, 0.05) is 36.6 Å². The fraction of sp³-hybridized carbons (Fsp3) is 0.233. The Morgan fingerprint density at radius 3 is 2.21 bits per heavy atom. The lowest BCUT2D eigenvalue weighted by molar-refractivity contribution is -0.143. The first-order chi connectivity index (χ1) is 25.6. The molecule has 10 heteroatoms. The number of benzene rings is 5. The van der Waals surface area contributed by atoms with Gasteiger partial charge in [-0.05, 0) is 82.6 Å². The number of hydrogen-bond donors (Lipinski definition) is 3. The number of halogens is 1. The molecule has 5 aromatic rings. The highest BCUT2D eigenvalue weighted by molar-refractivity contribution is 6.30. The molecule has 0 fully saturated rings. The number of carbonyl (C=O) groups is 3. The number of carboxylic acids is 1. The van der Waals surface area contributed by atoms with Crippen molar-refractivity contribution in [2.45, 2.75) is 57.0 Å². The maximum absolute atomic E-state index is 14.3. The number of hydrogen-bond acceptors (Lipinski definition) is 6. The predicted molar refractivity (Wildman–Crippen MR) is 204 cm³/mol. The minimum Gasteiger partial charge on any atom is -0.508 e. The first-order valence-corrected chi connectivity index (χ1v) is 18.0. The number of likely N-dealkylation sites (N-methyl/N-ethyl adjacent to an activating group) is 1. The SMILES string of the molecule is CC[C@@H](c1ccccc1)N1Cc2cc3c(cc2C[C@H]1C(=O)N[C@@H](Cc1ccc(-c2ccc(Cl)cc2)cc1)C(=O)O)N(C)C(=O)[C@@H](c1ccc(O)cc1)O3. The van der Waals surface area contributed by atoms with Gasteiger partial charge < -0.3 is 25.2 Å². The zero-order valence-electron chi connectivity index (χ0n) is 29.4. The molecule has 0 spiro atoms. The number of rotatable bonds is 10. The van der Waals surface area contributed by atoms with Crippen molar-refractivity contribution in [2.24, 2.45) is 0 Å². The molecule has 270 valence electrons. The summed E-state index contributed by atoms with van der Waals surface area (Å²) in [5, 5.41) is 23.6. The lowest BCUT2D eigenvalue weighted by atomic mass is 9.88. The number of nitrogens with one attached hydrogen (secondary N) is 1. The Labute approximate surface area is 313 Å². The molecule has 0 radical (unpaired) electrons. The Morgan fingerprint density at radius 2 is 1.57 bits per heavy atom. The molecule has 0 saturated carbocycles. The summed E-state index contributed by atoms with van der Waals surface area (Å²) in [6.45, 7) is 2.48. The van der Waals surface area contributed by atoms with Crippen LogP contribution < -0.4 is 15.0 Å². The van der Waals surface area contributed by atoms with Crippen molar-refractivity contribution in [3.63, 3.8) is 0 Å². The molecular weight excluding hydrogens is 690 g/mol. The molecule has 2 amide bonds. The van der Waals surface area contributed by atoms with Gasteiger partial charge in [0.1, 0.15) is 17.5 Å². The second kappa shape index (κ2) is 15.1. The van der Waals surface area contributed by atoms with Crippen LogP contribution in [0.1, 0.15) is 53.3 Å². The van der Waals surface area contributed by atoms with Crippen LogP contribution in [0.4, 0.5) is 5.69 Å². The number of aliphatic carboxylic acids is 1. The van der Waals surface area contributed by atoms with E-state index < -0.39 is 24.2 Å². The van der Waals surface area contributed by atoms with Crippen molar-refractivity contribution in [1.82, 2.24) is 10.2 Å². The maximum atomic E-state index is 14.3. The number of fused-ring (bicyclic) bond motifs is 2. The van der Waals surface area contributed by atoms with Gasteiger partial charge in [-0.1, -0.05) is 97.4 Å². The number of carbonyl (C=O) groups excluding carboxylic acids is 2. The lowest BCUT2D eigenvalue weighted by Gasteiger charge is -2.42. The molecule has 0 aliphatic carbocycles. The number of phenols is 1. The molecule has 5 aromatic carbocycles. The highest BCUT2D eigenvalue weighted by Gasteiger charge is 2.40. The summed E-state index contributed by atoms with van der Waals surface area (Å²) in [6, 6.07) is 33.4. The van der Waals surface area contributed by atoms with E-state index in [1.165, 1.54) is 12.1 Å². The standard InChI is InChI=1S/C43H40ClN3O6/c1-3-36(29-7-5-4-6-8-29)47-25-32-24-39-37(46(2)42(50)40(53-39)30-15-19-34(48)20-16-30)22-31(32)23-38(47)41(49)45-35(43(51)52)21-26-9-11-27(12-10-26)28-13-17-33(44)18-14-28/h4-20,22,24,35-36,38,40,48H,3,21,23,25H2,1-2H3,(H,45,49)(H,51,52)/t35-,36-,38-,40+/m0/s1. The summed E-state index contributed by atoms with van der Waals surface area (Å²) >= 11 is 6.05. The lowest BCUT2D eigenvalue weighted by Crippen LogP contribution is -2.55. The van der Waals surface area contributed by atoms with Crippen LogP contribution in [0, 0.1) is 0 Å². The van der Waals surface area contributed by atoms with Crippen LogP contribution in [0.5, 0.6) is 11.5 Å². The molecule has 0 aromatic heterocycles. The zero-order valence-corrected chi connectivity index (χ0v) is 30.2. The minimum absolute atomic E-state index is 0.0981. The molecule has 2 heterocycles. The molecular formula is C43H40ClN3O6. The van der Waals surface area contributed by atoms with Crippen LogP contribution >= 0.6 is 11.6 Å². The molecule has 9 nitrogen and oxygen atoms in total. The van der Waals surface area contributed by atoms with Crippen molar-refractivity contribution < 1.29 is 29.3 Å². The average molecular weight is 730 g/mol. The molecule has 0 unspecified atom stereocenters. The van der Waals surface area contributed by atoms with Crippen molar-refractivity contribution in [2.75, 3.05) is 11.9 Å². The second-order valence-corrected chi connectivity index (χ2v) is 14.0. The number of ether oxygens (including phenoxy) is 1. The fourth-order valence-corrected chi connectivity index (χ4v) is 7.52. The molecule has 53 heavy (non-hydrogen) atoms. The summed E-state index contributed by atoms with van der Waals surface area (Å²) < 4.78 is 6.32. The van der Waals surface area contributed by atoms with Gasteiger partial charge >= 0.3 is 5.97 Å². The van der Waals surface area contributed by atoms with Crippen LogP contribution in [-0.4, -0.2) is 52.0 Å². The van der Waals surface area contributed by atoms with Crippen molar-refractivity contribution in [1.29, 1.82) is 0 Å². The number of amides is 2. The van der Waals surface area contributed by atoms with Gasteiger partial charge in [0.2, 0.25) is 12.0 Å². The molecule has 4 atom stereocenters. The van der Waals surface area contributed by atoms with Crippen molar-refractivity contribution in [3.8, 4) is 22.6 Å². The monoisotopic (exact) mass is 729 g/mol. The highest BCUT2D eigenvalue weighted by Crippen LogP contribution is 2.43. The third-order valence-corrected chi connectivity index (χ3v) is 10.5. The zero-order chi connectivity index (χ0) is 37.2. The summed E-state index contributed by atoms with van der Waals surface area (Å²) in [5.41, 5.74) is 6.87. The first-order valence-electron chi connectivity index (χ1n) is 17.7. The second-order valence-electron chi connectivity index (χ2n) is 13.6. The summed E-state index contributed by atoms with van der Waals surface area (Å²) in [7, 11) is 1.70. The van der Waals surface area contributed by atoms with E-state index in [1.807, 2.05) is 91.0 Å². The maximum Gasteiger partial charge on any atom is 0.326 e. The molecule has 0 bridgehead atoms. The minimum atomic E-state index is -1.15. The predicted octanol–water partition coefficient (Wildman–Crippen LogP) is 7.50. The molecule has 3 N–H and O–H groups in total. The number of anilines is 1. The van der Waals surface area contributed by atoms with E-state index in [-0.39, 0.29) is 30.0 Å². The van der Waals surface area contributed by atoms with Gasteiger partial charge in [0.25, 0.3) is 5.91 Å². The summed E-state index contributed by atoms with van der Waals surface area (Å²) in [5.74, 6) is -1.10. The Kier molecular flexibility index (Phi) is 10.2. The quantitative estimate of drug-likeness (QED) is 0.136. The normalized spacial score (nSPS) is 17.9. The third kappa shape index (κ3) is 7.49. The van der Waals surface area contributed by atoms with Crippen LogP contribution in [0.3, 0.4) is 0 Å². The van der Waals surface area contributed by atoms with E-state index in [2.05, 4.69) is 17.1 Å². The number of aromatic hydroxyl groups is 1. The Hall–Kier alpha value is -5.64. The van der Waals surface area contributed by atoms with Gasteiger partial charge in [-0.2, -0.15) is 0 Å². The largest absolute Gasteiger partial charge is 0.508 e. The van der Waals surface area contributed by atoms with E-state index in [9.17, 15) is 24.6 Å². The third-order valence-electron chi connectivity index (χ3n) is 10.3. The smallest absolute Gasteiger partial charge is 0.326 e. The van der Waals surface area contributed by atoms with Gasteiger partial charge in [-0.25, -0.2) is 4.79 Å². The van der Waals surface area contributed by atoms with Crippen LogP contribution in [0.15, 0.2) is 115 Å². The van der Waals surface area contributed by atoms with E-state index >= 15 is 0 Å².